The predicted molar refractivity (Wildman–Crippen MR) is 77.6 cm³/mol. The van der Waals surface area contributed by atoms with E-state index in [1.165, 1.54) is 0 Å². The quantitative estimate of drug-likeness (QED) is 0.886. The highest BCUT2D eigenvalue weighted by Crippen LogP contribution is 2.31. The van der Waals surface area contributed by atoms with Gasteiger partial charge in [0, 0.05) is 5.02 Å². The van der Waals surface area contributed by atoms with E-state index in [9.17, 15) is 4.79 Å². The summed E-state index contributed by atoms with van der Waals surface area (Å²) in [7, 11) is 0. The Hall–Kier alpha value is -1.80. The predicted octanol–water partition coefficient (Wildman–Crippen LogP) is 4.59. The molecule has 0 aliphatic heterocycles. The molecule has 98 valence electrons. The average Bonchev–Trinajstić information content (AvgIpc) is 2.38. The van der Waals surface area contributed by atoms with Crippen LogP contribution >= 0.6 is 11.6 Å². The van der Waals surface area contributed by atoms with Crippen molar-refractivity contribution in [2.75, 3.05) is 0 Å². The van der Waals surface area contributed by atoms with Crippen LogP contribution in [0.4, 0.5) is 0 Å². The van der Waals surface area contributed by atoms with Gasteiger partial charge in [-0.05, 0) is 34.7 Å². The smallest absolute Gasteiger partial charge is 0.303 e. The molecule has 0 amide bonds. The number of hydrogen-bond donors (Lipinski definition) is 1. The second kappa shape index (κ2) is 5.89. The van der Waals surface area contributed by atoms with E-state index in [2.05, 4.69) is 0 Å². The maximum absolute atomic E-state index is 10.9. The summed E-state index contributed by atoms with van der Waals surface area (Å²) in [4.78, 5) is 10.9. The van der Waals surface area contributed by atoms with Crippen molar-refractivity contribution in [3.8, 4) is 11.1 Å². The molecule has 19 heavy (non-hydrogen) atoms. The highest BCUT2D eigenvalue weighted by molar-refractivity contribution is 6.30. The van der Waals surface area contributed by atoms with Crippen molar-refractivity contribution < 1.29 is 9.90 Å². The molecule has 0 saturated heterocycles. The molecule has 0 fully saturated rings. The highest BCUT2D eigenvalue weighted by atomic mass is 35.5. The van der Waals surface area contributed by atoms with Crippen molar-refractivity contribution in [1.82, 2.24) is 0 Å². The second-order valence-corrected chi connectivity index (χ2v) is 5.03. The molecule has 0 aliphatic carbocycles. The van der Waals surface area contributed by atoms with E-state index in [4.69, 9.17) is 16.7 Å². The third-order valence-corrected chi connectivity index (χ3v) is 3.34. The average molecular weight is 275 g/mol. The molecule has 2 rings (SSSR count). The lowest BCUT2D eigenvalue weighted by atomic mass is 9.90. The SMILES string of the molecule is C[C@@H](CC(=O)O)c1ccccc1-c1cccc(Cl)c1. The number of carboxylic acid groups (broad SMARTS) is 1. The number of rotatable bonds is 4. The number of benzene rings is 2. The summed E-state index contributed by atoms with van der Waals surface area (Å²) >= 11 is 6.02. The van der Waals surface area contributed by atoms with Gasteiger partial charge in [0.1, 0.15) is 0 Å². The number of carbonyl (C=O) groups is 1. The molecule has 0 spiro atoms. The van der Waals surface area contributed by atoms with Crippen LogP contribution in [0.25, 0.3) is 11.1 Å². The van der Waals surface area contributed by atoms with E-state index in [1.54, 1.807) is 0 Å². The molecule has 0 aliphatic rings. The van der Waals surface area contributed by atoms with Crippen molar-refractivity contribution in [3.63, 3.8) is 0 Å². The van der Waals surface area contributed by atoms with Crippen LogP contribution in [0.15, 0.2) is 48.5 Å². The van der Waals surface area contributed by atoms with Gasteiger partial charge in [-0.15, -0.1) is 0 Å². The Balaban J connectivity index is 2.44. The largest absolute Gasteiger partial charge is 0.481 e. The lowest BCUT2D eigenvalue weighted by molar-refractivity contribution is -0.137. The van der Waals surface area contributed by atoms with Crippen LogP contribution in [0.2, 0.25) is 5.02 Å². The summed E-state index contributed by atoms with van der Waals surface area (Å²) in [6.07, 6.45) is 0.123. The third kappa shape index (κ3) is 3.36. The minimum absolute atomic E-state index is 0.0346. The monoisotopic (exact) mass is 274 g/mol. The van der Waals surface area contributed by atoms with Crippen molar-refractivity contribution in [2.24, 2.45) is 0 Å². The molecule has 0 bridgehead atoms. The molecule has 0 unspecified atom stereocenters. The van der Waals surface area contributed by atoms with Gasteiger partial charge < -0.3 is 5.11 Å². The summed E-state index contributed by atoms with van der Waals surface area (Å²) < 4.78 is 0. The molecule has 2 nitrogen and oxygen atoms in total. The maximum atomic E-state index is 10.9. The van der Waals surface area contributed by atoms with E-state index in [1.807, 2.05) is 55.5 Å². The topological polar surface area (TPSA) is 37.3 Å². The van der Waals surface area contributed by atoms with Crippen LogP contribution < -0.4 is 0 Å². The van der Waals surface area contributed by atoms with Gasteiger partial charge in [0.25, 0.3) is 0 Å². The van der Waals surface area contributed by atoms with Crippen LogP contribution in [0.5, 0.6) is 0 Å². The van der Waals surface area contributed by atoms with E-state index in [0.29, 0.717) is 5.02 Å². The van der Waals surface area contributed by atoms with Gasteiger partial charge in [-0.3, -0.25) is 4.79 Å². The van der Waals surface area contributed by atoms with Gasteiger partial charge in [0.15, 0.2) is 0 Å². The van der Waals surface area contributed by atoms with Crippen LogP contribution in [0.1, 0.15) is 24.8 Å². The third-order valence-electron chi connectivity index (χ3n) is 3.11. The van der Waals surface area contributed by atoms with Crippen molar-refractivity contribution >= 4 is 17.6 Å². The molecular weight excluding hydrogens is 260 g/mol. The van der Waals surface area contributed by atoms with Gasteiger partial charge >= 0.3 is 5.97 Å². The van der Waals surface area contributed by atoms with Crippen LogP contribution in [-0.4, -0.2) is 11.1 Å². The highest BCUT2D eigenvalue weighted by Gasteiger charge is 2.14. The number of halogens is 1. The first-order chi connectivity index (χ1) is 9.08. The molecular formula is C16H15ClO2. The fourth-order valence-electron chi connectivity index (χ4n) is 2.22. The van der Waals surface area contributed by atoms with E-state index >= 15 is 0 Å². The first-order valence-electron chi connectivity index (χ1n) is 6.14. The number of carboxylic acids is 1. The molecule has 3 heteroatoms. The first-order valence-corrected chi connectivity index (χ1v) is 6.52. The standard InChI is InChI=1S/C16H15ClO2/c1-11(9-16(18)19)14-7-2-3-8-15(14)12-5-4-6-13(17)10-12/h2-8,10-11H,9H2,1H3,(H,18,19)/t11-/m0/s1. The van der Waals surface area contributed by atoms with Gasteiger partial charge in [-0.1, -0.05) is 54.9 Å². The summed E-state index contributed by atoms with van der Waals surface area (Å²) in [6.45, 7) is 1.93. The lowest BCUT2D eigenvalue weighted by Crippen LogP contribution is -2.04. The molecule has 0 saturated carbocycles. The Kier molecular flexibility index (Phi) is 4.23. The molecule has 0 radical (unpaired) electrons. The Morgan fingerprint density at radius 1 is 1.21 bits per heavy atom. The van der Waals surface area contributed by atoms with E-state index in [0.717, 1.165) is 16.7 Å². The zero-order valence-corrected chi connectivity index (χ0v) is 11.4. The fraction of sp³-hybridized carbons (Fsp3) is 0.188. The summed E-state index contributed by atoms with van der Waals surface area (Å²) in [5, 5.41) is 9.61. The number of hydrogen-bond acceptors (Lipinski definition) is 1. The lowest BCUT2D eigenvalue weighted by Gasteiger charge is -2.15. The molecule has 2 aromatic carbocycles. The zero-order valence-electron chi connectivity index (χ0n) is 10.6. The Morgan fingerprint density at radius 3 is 2.63 bits per heavy atom. The summed E-state index contributed by atoms with van der Waals surface area (Å²) in [6, 6.07) is 15.5. The van der Waals surface area contributed by atoms with Crippen LogP contribution in [0, 0.1) is 0 Å². The molecule has 0 heterocycles. The maximum Gasteiger partial charge on any atom is 0.303 e. The Morgan fingerprint density at radius 2 is 1.95 bits per heavy atom. The van der Waals surface area contributed by atoms with E-state index in [-0.39, 0.29) is 12.3 Å². The molecule has 1 atom stereocenters. The minimum atomic E-state index is -0.784. The number of aliphatic carboxylic acids is 1. The fourth-order valence-corrected chi connectivity index (χ4v) is 2.41. The van der Waals surface area contributed by atoms with Crippen molar-refractivity contribution in [2.45, 2.75) is 19.3 Å². The van der Waals surface area contributed by atoms with E-state index < -0.39 is 5.97 Å². The molecule has 2 aromatic rings. The van der Waals surface area contributed by atoms with Gasteiger partial charge in [0.05, 0.1) is 6.42 Å². The van der Waals surface area contributed by atoms with Gasteiger partial charge in [-0.2, -0.15) is 0 Å². The minimum Gasteiger partial charge on any atom is -0.481 e. The van der Waals surface area contributed by atoms with Gasteiger partial charge in [0.2, 0.25) is 0 Å². The summed E-state index contributed by atoms with van der Waals surface area (Å²) in [5.74, 6) is -0.818. The Bertz CT molecular complexity index is 593. The van der Waals surface area contributed by atoms with Crippen LogP contribution in [-0.2, 0) is 4.79 Å². The second-order valence-electron chi connectivity index (χ2n) is 4.60. The molecule has 0 aromatic heterocycles. The molecule has 1 N–H and O–H groups in total. The normalized spacial score (nSPS) is 12.1. The zero-order chi connectivity index (χ0) is 13.8. The first kappa shape index (κ1) is 13.6. The van der Waals surface area contributed by atoms with Crippen molar-refractivity contribution in [3.05, 3.63) is 59.1 Å². The summed E-state index contributed by atoms with van der Waals surface area (Å²) in [5.41, 5.74) is 3.09. The van der Waals surface area contributed by atoms with Crippen molar-refractivity contribution in [1.29, 1.82) is 0 Å². The van der Waals surface area contributed by atoms with Crippen LogP contribution in [0.3, 0.4) is 0 Å². The van der Waals surface area contributed by atoms with Gasteiger partial charge in [-0.25, -0.2) is 0 Å². The Labute approximate surface area is 117 Å².